The number of unbranched alkanes of at least 4 members (excludes halogenated alkanes) is 1. The Morgan fingerprint density at radius 3 is 2.90 bits per heavy atom. The molecule has 0 spiro atoms. The van der Waals surface area contributed by atoms with Gasteiger partial charge in [0.15, 0.2) is 17.9 Å². The highest BCUT2D eigenvalue weighted by atomic mass is 19.1. The van der Waals surface area contributed by atoms with Crippen molar-refractivity contribution in [3.8, 4) is 17.0 Å². The van der Waals surface area contributed by atoms with E-state index >= 15 is 0 Å². The first-order valence-corrected chi connectivity index (χ1v) is 6.56. The summed E-state index contributed by atoms with van der Waals surface area (Å²) in [6.45, 7) is 2.94. The molecule has 0 N–H and O–H groups in total. The Hall–Kier alpha value is -2.17. The molecule has 0 aliphatic rings. The molecule has 5 heteroatoms. The second-order valence-electron chi connectivity index (χ2n) is 4.52. The summed E-state index contributed by atoms with van der Waals surface area (Å²) in [6.07, 6.45) is 4.56. The van der Waals surface area contributed by atoms with Gasteiger partial charge < -0.3 is 4.74 Å². The fourth-order valence-electron chi connectivity index (χ4n) is 2.03. The molecule has 0 aliphatic carbocycles. The summed E-state index contributed by atoms with van der Waals surface area (Å²) >= 11 is 0. The molecule has 2 rings (SSSR count). The van der Waals surface area contributed by atoms with E-state index < -0.39 is 5.82 Å². The number of carbonyl (C=O) groups excluding carboxylic acids is 1. The molecular formula is C15H17FN2O2. The van der Waals surface area contributed by atoms with Crippen LogP contribution in [-0.4, -0.2) is 23.2 Å². The standard InChI is InChI=1S/C15H17FN2O2/c1-3-4-6-18-7-5-14(17-18)11-8-12(10-19)15(20-2)13(16)9-11/h5,7-10H,3-4,6H2,1-2H3. The van der Waals surface area contributed by atoms with Gasteiger partial charge in [-0.15, -0.1) is 0 Å². The van der Waals surface area contributed by atoms with Gasteiger partial charge in [-0.1, -0.05) is 13.3 Å². The molecule has 0 atom stereocenters. The van der Waals surface area contributed by atoms with Crippen LogP contribution in [0.25, 0.3) is 11.3 Å². The Morgan fingerprint density at radius 1 is 1.45 bits per heavy atom. The van der Waals surface area contributed by atoms with Crippen molar-refractivity contribution in [2.45, 2.75) is 26.3 Å². The Bertz CT molecular complexity index is 608. The topological polar surface area (TPSA) is 44.1 Å². The van der Waals surface area contributed by atoms with Gasteiger partial charge in [0.2, 0.25) is 0 Å². The van der Waals surface area contributed by atoms with Crippen molar-refractivity contribution < 1.29 is 13.9 Å². The van der Waals surface area contributed by atoms with E-state index in [0.29, 0.717) is 17.5 Å². The zero-order valence-corrected chi connectivity index (χ0v) is 11.6. The third kappa shape index (κ3) is 2.87. The molecule has 1 aromatic heterocycles. The lowest BCUT2D eigenvalue weighted by Crippen LogP contribution is -1.99. The van der Waals surface area contributed by atoms with Crippen LogP contribution in [0.5, 0.6) is 5.75 Å². The molecule has 0 bridgehead atoms. The predicted molar refractivity (Wildman–Crippen MR) is 74.5 cm³/mol. The smallest absolute Gasteiger partial charge is 0.166 e. The van der Waals surface area contributed by atoms with Crippen molar-refractivity contribution >= 4 is 6.29 Å². The van der Waals surface area contributed by atoms with E-state index in [4.69, 9.17) is 4.74 Å². The Morgan fingerprint density at radius 2 is 2.25 bits per heavy atom. The predicted octanol–water partition coefficient (Wildman–Crippen LogP) is 3.31. The Labute approximate surface area is 117 Å². The summed E-state index contributed by atoms with van der Waals surface area (Å²) in [4.78, 5) is 11.0. The normalized spacial score (nSPS) is 10.6. The summed E-state index contributed by atoms with van der Waals surface area (Å²) in [5.74, 6) is -0.593. The van der Waals surface area contributed by atoms with Crippen LogP contribution in [-0.2, 0) is 6.54 Å². The Balaban J connectivity index is 2.35. The Kier molecular flexibility index (Phi) is 4.50. The highest BCUT2D eigenvalue weighted by Gasteiger charge is 2.13. The number of hydrogen-bond donors (Lipinski definition) is 0. The van der Waals surface area contributed by atoms with E-state index in [1.54, 1.807) is 6.07 Å². The first kappa shape index (κ1) is 14.2. The highest BCUT2D eigenvalue weighted by Crippen LogP contribution is 2.28. The number of rotatable bonds is 6. The molecule has 0 radical (unpaired) electrons. The average molecular weight is 276 g/mol. The molecule has 0 saturated heterocycles. The largest absolute Gasteiger partial charge is 0.493 e. The molecule has 0 amide bonds. The van der Waals surface area contributed by atoms with Crippen LogP contribution in [0.2, 0.25) is 0 Å². The summed E-state index contributed by atoms with van der Waals surface area (Å²) < 4.78 is 20.6. The summed E-state index contributed by atoms with van der Waals surface area (Å²) in [5, 5.41) is 4.38. The molecule has 0 saturated carbocycles. The van der Waals surface area contributed by atoms with Crippen molar-refractivity contribution in [3.63, 3.8) is 0 Å². The van der Waals surface area contributed by atoms with Crippen molar-refractivity contribution in [2.24, 2.45) is 0 Å². The number of aryl methyl sites for hydroxylation is 1. The van der Waals surface area contributed by atoms with Crippen molar-refractivity contribution in [3.05, 3.63) is 35.8 Å². The zero-order chi connectivity index (χ0) is 14.5. The fourth-order valence-corrected chi connectivity index (χ4v) is 2.03. The minimum Gasteiger partial charge on any atom is -0.493 e. The van der Waals surface area contributed by atoms with Gasteiger partial charge in [-0.05, 0) is 24.6 Å². The van der Waals surface area contributed by atoms with Gasteiger partial charge in [-0.3, -0.25) is 9.48 Å². The summed E-state index contributed by atoms with van der Waals surface area (Å²) in [6, 6.07) is 4.73. The number of benzene rings is 1. The second-order valence-corrected chi connectivity index (χ2v) is 4.52. The zero-order valence-electron chi connectivity index (χ0n) is 11.6. The monoisotopic (exact) mass is 276 g/mol. The molecule has 0 fully saturated rings. The maximum atomic E-state index is 13.9. The van der Waals surface area contributed by atoms with Gasteiger partial charge in [-0.2, -0.15) is 5.10 Å². The number of carbonyl (C=O) groups is 1. The van der Waals surface area contributed by atoms with Crippen LogP contribution < -0.4 is 4.74 Å². The van der Waals surface area contributed by atoms with Gasteiger partial charge in [0, 0.05) is 18.3 Å². The molecule has 2 aromatic rings. The molecular weight excluding hydrogens is 259 g/mol. The summed E-state index contributed by atoms with van der Waals surface area (Å²) in [7, 11) is 1.34. The van der Waals surface area contributed by atoms with Crippen LogP contribution in [0.1, 0.15) is 30.1 Å². The summed E-state index contributed by atoms with van der Waals surface area (Å²) in [5.41, 5.74) is 1.40. The lowest BCUT2D eigenvalue weighted by atomic mass is 10.1. The lowest BCUT2D eigenvalue weighted by molar-refractivity contribution is 0.112. The van der Waals surface area contributed by atoms with Crippen LogP contribution in [0.15, 0.2) is 24.4 Å². The first-order valence-electron chi connectivity index (χ1n) is 6.56. The minimum atomic E-state index is -0.560. The molecule has 4 nitrogen and oxygen atoms in total. The average Bonchev–Trinajstić information content (AvgIpc) is 2.93. The second kappa shape index (κ2) is 6.32. The van der Waals surface area contributed by atoms with Crippen LogP contribution >= 0.6 is 0 Å². The van der Waals surface area contributed by atoms with Crippen molar-refractivity contribution in [1.82, 2.24) is 9.78 Å². The van der Waals surface area contributed by atoms with Crippen LogP contribution in [0.4, 0.5) is 4.39 Å². The highest BCUT2D eigenvalue weighted by molar-refractivity contribution is 5.82. The van der Waals surface area contributed by atoms with Crippen molar-refractivity contribution in [2.75, 3.05) is 7.11 Å². The van der Waals surface area contributed by atoms with Crippen LogP contribution in [0, 0.1) is 5.82 Å². The maximum Gasteiger partial charge on any atom is 0.166 e. The van der Waals surface area contributed by atoms with Gasteiger partial charge in [0.25, 0.3) is 0 Å². The fraction of sp³-hybridized carbons (Fsp3) is 0.333. The van der Waals surface area contributed by atoms with E-state index in [9.17, 15) is 9.18 Å². The van der Waals surface area contributed by atoms with Gasteiger partial charge in [0.05, 0.1) is 18.4 Å². The number of nitrogens with zero attached hydrogens (tertiary/aromatic N) is 2. The number of halogens is 1. The molecule has 20 heavy (non-hydrogen) atoms. The van der Waals surface area contributed by atoms with E-state index in [-0.39, 0.29) is 11.3 Å². The van der Waals surface area contributed by atoms with Crippen molar-refractivity contribution in [1.29, 1.82) is 0 Å². The van der Waals surface area contributed by atoms with Crippen LogP contribution in [0.3, 0.4) is 0 Å². The minimum absolute atomic E-state index is 0.0332. The molecule has 106 valence electrons. The third-order valence-corrected chi connectivity index (χ3v) is 3.08. The number of aldehydes is 1. The number of methoxy groups -OCH3 is 1. The number of hydrogen-bond acceptors (Lipinski definition) is 3. The quantitative estimate of drug-likeness (QED) is 0.760. The van der Waals surface area contributed by atoms with Gasteiger partial charge in [0.1, 0.15) is 0 Å². The van der Waals surface area contributed by atoms with E-state index in [1.807, 2.05) is 16.9 Å². The number of aromatic nitrogens is 2. The first-order chi connectivity index (χ1) is 9.69. The maximum absolute atomic E-state index is 13.9. The van der Waals surface area contributed by atoms with Gasteiger partial charge in [-0.25, -0.2) is 4.39 Å². The van der Waals surface area contributed by atoms with E-state index in [1.165, 1.54) is 13.2 Å². The number of ether oxygens (including phenoxy) is 1. The SMILES string of the molecule is CCCCn1ccc(-c2cc(F)c(OC)c(C=O)c2)n1. The van der Waals surface area contributed by atoms with E-state index in [2.05, 4.69) is 12.0 Å². The molecule has 0 aliphatic heterocycles. The molecule has 1 aromatic carbocycles. The van der Waals surface area contributed by atoms with E-state index in [0.717, 1.165) is 19.4 Å². The lowest BCUT2D eigenvalue weighted by Gasteiger charge is -2.07. The molecule has 0 unspecified atom stereocenters. The molecule has 1 heterocycles. The third-order valence-electron chi connectivity index (χ3n) is 3.08. The van der Waals surface area contributed by atoms with Gasteiger partial charge >= 0.3 is 0 Å².